The molecule has 0 bridgehead atoms. The molecule has 0 saturated heterocycles. The Morgan fingerprint density at radius 1 is 1.16 bits per heavy atom. The molecule has 0 radical (unpaired) electrons. The maximum atomic E-state index is 12.1. The van der Waals surface area contributed by atoms with Crippen LogP contribution in [0.1, 0.15) is 18.4 Å². The number of hydrogen-bond donors (Lipinski definition) is 1. The van der Waals surface area contributed by atoms with E-state index in [-0.39, 0.29) is 6.42 Å². The molecule has 0 amide bonds. The molecule has 108 valence electrons. The van der Waals surface area contributed by atoms with Gasteiger partial charge in [0.05, 0.1) is 14.2 Å². The molecule has 19 heavy (non-hydrogen) atoms. The summed E-state index contributed by atoms with van der Waals surface area (Å²) in [7, 11) is 3.03. The Kier molecular flexibility index (Phi) is 5.47. The molecule has 2 N–H and O–H groups in total. The highest BCUT2D eigenvalue weighted by Gasteiger charge is 2.27. The van der Waals surface area contributed by atoms with Crippen molar-refractivity contribution >= 4 is 0 Å². The highest BCUT2D eigenvalue weighted by atomic mass is 19.4. The lowest BCUT2D eigenvalue weighted by molar-refractivity contribution is -0.136. The van der Waals surface area contributed by atoms with E-state index >= 15 is 0 Å². The Labute approximate surface area is 110 Å². The van der Waals surface area contributed by atoms with Gasteiger partial charge in [0.2, 0.25) is 0 Å². The molecule has 0 fully saturated rings. The fourth-order valence-electron chi connectivity index (χ4n) is 1.76. The zero-order valence-corrected chi connectivity index (χ0v) is 11.0. The first-order chi connectivity index (χ1) is 8.85. The quantitative estimate of drug-likeness (QED) is 0.869. The molecule has 0 aliphatic heterocycles. The van der Waals surface area contributed by atoms with Crippen molar-refractivity contribution in [3.8, 4) is 11.5 Å². The largest absolute Gasteiger partial charge is 0.493 e. The molecule has 6 heteroatoms. The first kappa shape index (κ1) is 15.6. The number of ether oxygens (including phenoxy) is 2. The second-order valence-electron chi connectivity index (χ2n) is 4.31. The molecule has 0 spiro atoms. The fraction of sp³-hybridized carbons (Fsp3) is 0.538. The molecule has 1 atom stereocenters. The number of rotatable bonds is 6. The summed E-state index contributed by atoms with van der Waals surface area (Å²) in [6.45, 7) is 0. The van der Waals surface area contributed by atoms with Crippen molar-refractivity contribution in [3.05, 3.63) is 23.8 Å². The molecule has 1 unspecified atom stereocenters. The van der Waals surface area contributed by atoms with Crippen molar-refractivity contribution < 1.29 is 22.6 Å². The molecule has 1 aromatic rings. The van der Waals surface area contributed by atoms with Crippen LogP contribution in [0.4, 0.5) is 13.2 Å². The van der Waals surface area contributed by atoms with E-state index in [1.54, 1.807) is 18.2 Å². The lowest BCUT2D eigenvalue weighted by atomic mass is 10.0. The Morgan fingerprint density at radius 2 is 1.79 bits per heavy atom. The minimum atomic E-state index is -4.16. The first-order valence-electron chi connectivity index (χ1n) is 5.89. The van der Waals surface area contributed by atoms with E-state index in [2.05, 4.69) is 0 Å². The Balaban J connectivity index is 2.61. The number of methoxy groups -OCH3 is 2. The van der Waals surface area contributed by atoms with Gasteiger partial charge in [-0.2, -0.15) is 13.2 Å². The summed E-state index contributed by atoms with van der Waals surface area (Å²) in [6, 6.07) is 4.69. The van der Waals surface area contributed by atoms with Gasteiger partial charge in [0.25, 0.3) is 0 Å². The van der Waals surface area contributed by atoms with E-state index in [9.17, 15) is 13.2 Å². The van der Waals surface area contributed by atoms with Crippen LogP contribution < -0.4 is 15.2 Å². The van der Waals surface area contributed by atoms with Gasteiger partial charge in [0.1, 0.15) is 0 Å². The predicted molar refractivity (Wildman–Crippen MR) is 66.5 cm³/mol. The third kappa shape index (κ3) is 5.38. The van der Waals surface area contributed by atoms with Gasteiger partial charge >= 0.3 is 6.18 Å². The van der Waals surface area contributed by atoms with Crippen LogP contribution in [0.2, 0.25) is 0 Å². The van der Waals surface area contributed by atoms with Gasteiger partial charge in [-0.05, 0) is 30.5 Å². The average molecular weight is 277 g/mol. The lowest BCUT2D eigenvalue weighted by Crippen LogP contribution is -2.25. The van der Waals surface area contributed by atoms with Crippen molar-refractivity contribution in [2.75, 3.05) is 14.2 Å². The summed E-state index contributed by atoms with van der Waals surface area (Å²) < 4.78 is 46.5. The van der Waals surface area contributed by atoms with E-state index in [1.807, 2.05) is 0 Å². The Hall–Kier alpha value is -1.43. The summed E-state index contributed by atoms with van der Waals surface area (Å²) >= 11 is 0. The van der Waals surface area contributed by atoms with E-state index in [0.29, 0.717) is 17.9 Å². The van der Waals surface area contributed by atoms with Crippen LogP contribution in [0.25, 0.3) is 0 Å². The topological polar surface area (TPSA) is 44.5 Å². The summed E-state index contributed by atoms with van der Waals surface area (Å²) in [5, 5.41) is 0. The van der Waals surface area contributed by atoms with Crippen molar-refractivity contribution in [2.45, 2.75) is 31.5 Å². The molecule has 0 aliphatic carbocycles. The normalized spacial score (nSPS) is 13.2. The second-order valence-corrected chi connectivity index (χ2v) is 4.31. The molecule has 0 aliphatic rings. The highest BCUT2D eigenvalue weighted by molar-refractivity contribution is 5.43. The van der Waals surface area contributed by atoms with E-state index in [1.165, 1.54) is 14.2 Å². The van der Waals surface area contributed by atoms with Crippen LogP contribution >= 0.6 is 0 Å². The molecule has 0 heterocycles. The van der Waals surface area contributed by atoms with E-state index in [4.69, 9.17) is 15.2 Å². The lowest BCUT2D eigenvalue weighted by Gasteiger charge is -2.14. The smallest absolute Gasteiger partial charge is 0.389 e. The highest BCUT2D eigenvalue weighted by Crippen LogP contribution is 2.28. The zero-order chi connectivity index (χ0) is 14.5. The van der Waals surface area contributed by atoms with E-state index < -0.39 is 18.6 Å². The molecule has 0 aromatic heterocycles. The Bertz CT molecular complexity index is 407. The van der Waals surface area contributed by atoms with Gasteiger partial charge in [-0.15, -0.1) is 0 Å². The zero-order valence-electron chi connectivity index (χ0n) is 11.0. The van der Waals surface area contributed by atoms with Crippen LogP contribution in [-0.2, 0) is 6.42 Å². The number of halogens is 3. The van der Waals surface area contributed by atoms with Gasteiger partial charge in [-0.3, -0.25) is 0 Å². The van der Waals surface area contributed by atoms with Gasteiger partial charge in [0.15, 0.2) is 11.5 Å². The van der Waals surface area contributed by atoms with Crippen LogP contribution in [0.15, 0.2) is 18.2 Å². The summed E-state index contributed by atoms with van der Waals surface area (Å²) in [6.07, 6.45) is -4.73. The second kappa shape index (κ2) is 6.65. The SMILES string of the molecule is COc1ccc(CC(N)CCC(F)(F)F)cc1OC. The summed E-state index contributed by atoms with van der Waals surface area (Å²) in [4.78, 5) is 0. The van der Waals surface area contributed by atoms with Gasteiger partial charge in [-0.1, -0.05) is 6.07 Å². The summed E-state index contributed by atoms with van der Waals surface area (Å²) in [5.41, 5.74) is 6.53. The third-order valence-corrected chi connectivity index (χ3v) is 2.74. The first-order valence-corrected chi connectivity index (χ1v) is 5.89. The average Bonchev–Trinajstić information content (AvgIpc) is 2.35. The van der Waals surface area contributed by atoms with Gasteiger partial charge in [-0.25, -0.2) is 0 Å². The van der Waals surface area contributed by atoms with Crippen LogP contribution in [0.3, 0.4) is 0 Å². The molecular formula is C13H18F3NO2. The summed E-state index contributed by atoms with van der Waals surface area (Å²) in [5.74, 6) is 1.12. The number of alkyl halides is 3. The maximum absolute atomic E-state index is 12.1. The monoisotopic (exact) mass is 277 g/mol. The van der Waals surface area contributed by atoms with Crippen molar-refractivity contribution in [1.29, 1.82) is 0 Å². The maximum Gasteiger partial charge on any atom is 0.389 e. The number of nitrogens with two attached hydrogens (primary N) is 1. The van der Waals surface area contributed by atoms with E-state index in [0.717, 1.165) is 5.56 Å². The minimum Gasteiger partial charge on any atom is -0.493 e. The van der Waals surface area contributed by atoms with Gasteiger partial charge < -0.3 is 15.2 Å². The predicted octanol–water partition coefficient (Wildman–Crippen LogP) is 2.92. The molecule has 0 saturated carbocycles. The minimum absolute atomic E-state index is 0.0855. The third-order valence-electron chi connectivity index (χ3n) is 2.74. The molecular weight excluding hydrogens is 259 g/mol. The number of benzene rings is 1. The molecule has 3 nitrogen and oxygen atoms in total. The van der Waals surface area contributed by atoms with Crippen molar-refractivity contribution in [2.24, 2.45) is 5.73 Å². The van der Waals surface area contributed by atoms with Crippen molar-refractivity contribution in [3.63, 3.8) is 0 Å². The Morgan fingerprint density at radius 3 is 2.32 bits per heavy atom. The number of hydrogen-bond acceptors (Lipinski definition) is 3. The van der Waals surface area contributed by atoms with Crippen LogP contribution in [-0.4, -0.2) is 26.4 Å². The van der Waals surface area contributed by atoms with Crippen LogP contribution in [0, 0.1) is 0 Å². The standard InChI is InChI=1S/C13H18F3NO2/c1-18-11-4-3-9(8-12(11)19-2)7-10(17)5-6-13(14,15)16/h3-4,8,10H,5-7,17H2,1-2H3. The molecule has 1 aromatic carbocycles. The van der Waals surface area contributed by atoms with Crippen LogP contribution in [0.5, 0.6) is 11.5 Å². The fourth-order valence-corrected chi connectivity index (χ4v) is 1.76. The van der Waals surface area contributed by atoms with Gasteiger partial charge in [0, 0.05) is 12.5 Å². The molecule has 1 rings (SSSR count). The van der Waals surface area contributed by atoms with Crippen molar-refractivity contribution in [1.82, 2.24) is 0 Å².